The van der Waals surface area contributed by atoms with E-state index in [1.807, 2.05) is 40.4 Å². The summed E-state index contributed by atoms with van der Waals surface area (Å²) in [7, 11) is 0. The number of anilines is 1. The lowest BCUT2D eigenvalue weighted by Gasteiger charge is -2.14. The van der Waals surface area contributed by atoms with Gasteiger partial charge in [0.2, 0.25) is 17.7 Å². The molecule has 1 aromatic carbocycles. The molecule has 0 spiro atoms. The first-order valence-corrected chi connectivity index (χ1v) is 8.64. The van der Waals surface area contributed by atoms with Gasteiger partial charge in [-0.25, -0.2) is 4.98 Å². The molecule has 126 valence electrons. The number of nitrogens with zero attached hydrogens (tertiary/aromatic N) is 3. The average Bonchev–Trinajstić information content (AvgIpc) is 3.26. The largest absolute Gasteiger partial charge is 0.324 e. The first-order valence-electron chi connectivity index (χ1n) is 7.76. The molecule has 2 aromatic heterocycles. The number of imide groups is 1. The summed E-state index contributed by atoms with van der Waals surface area (Å²) in [4.78, 5) is 42.0. The predicted octanol–water partition coefficient (Wildman–Crippen LogP) is 2.15. The highest BCUT2D eigenvalue weighted by Gasteiger charge is 2.30. The molecule has 1 saturated heterocycles. The monoisotopic (exact) mass is 354 g/mol. The molecule has 1 fully saturated rings. The number of carbonyl (C=O) groups is 3. The van der Waals surface area contributed by atoms with Crippen LogP contribution in [-0.2, 0) is 14.4 Å². The summed E-state index contributed by atoms with van der Waals surface area (Å²) < 4.78 is 1.92. The Morgan fingerprint density at radius 3 is 2.72 bits per heavy atom. The van der Waals surface area contributed by atoms with Gasteiger partial charge in [-0.05, 0) is 6.07 Å². The van der Waals surface area contributed by atoms with Crippen LogP contribution >= 0.6 is 11.3 Å². The number of hydrogen-bond donors (Lipinski definition) is 1. The van der Waals surface area contributed by atoms with Crippen LogP contribution in [0.3, 0.4) is 0 Å². The molecule has 3 amide bonds. The fourth-order valence-electron chi connectivity index (χ4n) is 2.81. The summed E-state index contributed by atoms with van der Waals surface area (Å²) >= 11 is 1.53. The highest BCUT2D eigenvalue weighted by Crippen LogP contribution is 2.28. The van der Waals surface area contributed by atoms with Crippen LogP contribution in [0.5, 0.6) is 0 Å². The number of fused-ring (bicyclic) bond motifs is 1. The highest BCUT2D eigenvalue weighted by atomic mass is 32.1. The fraction of sp³-hybridized carbons (Fsp3) is 0.176. The molecule has 0 aliphatic carbocycles. The van der Waals surface area contributed by atoms with Crippen LogP contribution in [0.2, 0.25) is 0 Å². The Bertz CT molecular complexity index is 946. The summed E-state index contributed by atoms with van der Waals surface area (Å²) in [6.07, 6.45) is 4.16. The van der Waals surface area contributed by atoms with Crippen LogP contribution < -0.4 is 5.32 Å². The van der Waals surface area contributed by atoms with E-state index in [0.29, 0.717) is 5.69 Å². The van der Waals surface area contributed by atoms with E-state index < -0.39 is 5.91 Å². The molecule has 3 heterocycles. The molecule has 0 saturated carbocycles. The van der Waals surface area contributed by atoms with Crippen molar-refractivity contribution in [2.24, 2.45) is 0 Å². The zero-order valence-corrected chi connectivity index (χ0v) is 14.0. The molecule has 0 radical (unpaired) electrons. The van der Waals surface area contributed by atoms with Crippen molar-refractivity contribution in [1.29, 1.82) is 0 Å². The molecule has 4 rings (SSSR count). The molecule has 1 aliphatic rings. The van der Waals surface area contributed by atoms with Gasteiger partial charge in [0.1, 0.15) is 6.54 Å². The molecular formula is C17H14N4O3S. The number of imidazole rings is 1. The number of likely N-dealkylation sites (tertiary alicyclic amines) is 1. The quantitative estimate of drug-likeness (QED) is 0.728. The van der Waals surface area contributed by atoms with Crippen molar-refractivity contribution in [3.8, 4) is 11.3 Å². The lowest BCUT2D eigenvalue weighted by atomic mass is 10.1. The van der Waals surface area contributed by atoms with Crippen LogP contribution in [0.25, 0.3) is 16.2 Å². The number of para-hydroxylation sites is 1. The SMILES string of the molecule is O=C(CN1C(=O)CCC1=O)Nc1ccccc1-c1cn2ccsc2n1. The van der Waals surface area contributed by atoms with Gasteiger partial charge >= 0.3 is 0 Å². The van der Waals surface area contributed by atoms with Gasteiger partial charge in [-0.1, -0.05) is 18.2 Å². The highest BCUT2D eigenvalue weighted by molar-refractivity contribution is 7.15. The molecular weight excluding hydrogens is 340 g/mol. The zero-order valence-electron chi connectivity index (χ0n) is 13.1. The molecule has 8 heteroatoms. The number of thiazole rings is 1. The van der Waals surface area contributed by atoms with Crippen LogP contribution in [0.1, 0.15) is 12.8 Å². The minimum atomic E-state index is -0.405. The van der Waals surface area contributed by atoms with Gasteiger partial charge in [-0.2, -0.15) is 0 Å². The van der Waals surface area contributed by atoms with Gasteiger partial charge in [0.15, 0.2) is 4.96 Å². The summed E-state index contributed by atoms with van der Waals surface area (Å²) in [6, 6.07) is 7.32. The Hall–Kier alpha value is -3.00. The topological polar surface area (TPSA) is 83.8 Å². The van der Waals surface area contributed by atoms with Gasteiger partial charge in [0, 0.05) is 36.2 Å². The fourth-order valence-corrected chi connectivity index (χ4v) is 3.51. The van der Waals surface area contributed by atoms with Gasteiger partial charge in [0.05, 0.1) is 11.4 Å². The minimum Gasteiger partial charge on any atom is -0.324 e. The van der Waals surface area contributed by atoms with Crippen LogP contribution in [0.15, 0.2) is 42.0 Å². The summed E-state index contributed by atoms with van der Waals surface area (Å²) in [5, 5.41) is 4.73. The van der Waals surface area contributed by atoms with Crippen molar-refractivity contribution in [2.45, 2.75) is 12.8 Å². The third-order valence-corrected chi connectivity index (χ3v) is 4.80. The van der Waals surface area contributed by atoms with E-state index in [4.69, 9.17) is 0 Å². The maximum Gasteiger partial charge on any atom is 0.244 e. The van der Waals surface area contributed by atoms with Crippen molar-refractivity contribution in [1.82, 2.24) is 14.3 Å². The van der Waals surface area contributed by atoms with Gasteiger partial charge in [-0.15, -0.1) is 11.3 Å². The molecule has 1 N–H and O–H groups in total. The van der Waals surface area contributed by atoms with Crippen molar-refractivity contribution in [3.63, 3.8) is 0 Å². The first kappa shape index (κ1) is 15.5. The molecule has 0 bridgehead atoms. The summed E-state index contributed by atoms with van der Waals surface area (Å²) in [6.45, 7) is -0.260. The van der Waals surface area contributed by atoms with Gasteiger partial charge in [-0.3, -0.25) is 23.7 Å². The number of rotatable bonds is 4. The zero-order chi connectivity index (χ0) is 17.4. The molecule has 0 atom stereocenters. The van der Waals surface area contributed by atoms with Crippen LogP contribution in [-0.4, -0.2) is 38.6 Å². The maximum absolute atomic E-state index is 12.3. The second-order valence-corrected chi connectivity index (χ2v) is 6.56. The maximum atomic E-state index is 12.3. The molecule has 1 aliphatic heterocycles. The average molecular weight is 354 g/mol. The Kier molecular flexibility index (Phi) is 3.81. The van der Waals surface area contributed by atoms with Gasteiger partial charge in [0.25, 0.3) is 0 Å². The predicted molar refractivity (Wildman–Crippen MR) is 93.1 cm³/mol. The molecule has 25 heavy (non-hydrogen) atoms. The van der Waals surface area contributed by atoms with E-state index in [1.54, 1.807) is 6.07 Å². The Labute approximate surface area is 146 Å². The number of nitrogens with one attached hydrogen (secondary N) is 1. The number of benzene rings is 1. The van der Waals surface area contributed by atoms with Gasteiger partial charge < -0.3 is 5.32 Å². The summed E-state index contributed by atoms with van der Waals surface area (Å²) in [5.74, 6) is -1.01. The van der Waals surface area contributed by atoms with E-state index in [9.17, 15) is 14.4 Å². The first-order chi connectivity index (χ1) is 12.1. The van der Waals surface area contributed by atoms with Crippen LogP contribution in [0.4, 0.5) is 5.69 Å². The van der Waals surface area contributed by atoms with Crippen molar-refractivity contribution >= 4 is 39.7 Å². The standard InChI is InChI=1S/C17H14N4O3S/c22-14(10-21-15(23)5-6-16(21)24)18-12-4-2-1-3-11(12)13-9-20-7-8-25-17(20)19-13/h1-4,7-9H,5-6,10H2,(H,18,22). The second kappa shape index (κ2) is 6.14. The van der Waals surface area contributed by atoms with Crippen LogP contribution in [0, 0.1) is 0 Å². The molecule has 7 nitrogen and oxygen atoms in total. The number of carbonyl (C=O) groups excluding carboxylic acids is 3. The molecule has 0 unspecified atom stereocenters. The Morgan fingerprint density at radius 1 is 1.20 bits per heavy atom. The lowest BCUT2D eigenvalue weighted by Crippen LogP contribution is -2.36. The third kappa shape index (κ3) is 2.91. The van der Waals surface area contributed by atoms with E-state index in [1.165, 1.54) is 11.3 Å². The normalized spacial score (nSPS) is 14.5. The third-order valence-electron chi connectivity index (χ3n) is 4.03. The van der Waals surface area contributed by atoms with Crippen molar-refractivity contribution < 1.29 is 14.4 Å². The minimum absolute atomic E-state index is 0.175. The van der Waals surface area contributed by atoms with E-state index >= 15 is 0 Å². The lowest BCUT2D eigenvalue weighted by molar-refractivity contribution is -0.141. The smallest absolute Gasteiger partial charge is 0.244 e. The van der Waals surface area contributed by atoms with E-state index in [2.05, 4.69) is 10.3 Å². The number of hydrogen-bond acceptors (Lipinski definition) is 5. The van der Waals surface area contributed by atoms with Crippen molar-refractivity contribution in [3.05, 3.63) is 42.0 Å². The van der Waals surface area contributed by atoms with E-state index in [-0.39, 0.29) is 31.2 Å². The van der Waals surface area contributed by atoms with Crippen molar-refractivity contribution in [2.75, 3.05) is 11.9 Å². The summed E-state index contributed by atoms with van der Waals surface area (Å²) in [5.41, 5.74) is 2.12. The number of amides is 3. The molecule has 3 aromatic rings. The van der Waals surface area contributed by atoms with E-state index in [0.717, 1.165) is 21.1 Å². The second-order valence-electron chi connectivity index (χ2n) is 5.69. The number of aromatic nitrogens is 2. The Morgan fingerprint density at radius 2 is 1.96 bits per heavy atom. The Balaban J connectivity index is 1.56.